The predicted molar refractivity (Wildman–Crippen MR) is 90.4 cm³/mol. The molecular formula is C18H22N2O5. The largest absolute Gasteiger partial charge is 0.484 e. The van der Waals surface area contributed by atoms with Crippen molar-refractivity contribution < 1.29 is 24.2 Å². The second-order valence-electron chi connectivity index (χ2n) is 6.55. The monoisotopic (exact) mass is 346 g/mol. The van der Waals surface area contributed by atoms with Gasteiger partial charge in [-0.05, 0) is 37.8 Å². The minimum atomic E-state index is -0.804. The van der Waals surface area contributed by atoms with Crippen LogP contribution in [-0.2, 0) is 14.4 Å². The first-order chi connectivity index (χ1) is 12.0. The number of anilines is 1. The predicted octanol–water partition coefficient (Wildman–Crippen LogP) is 1.56. The zero-order valence-electron chi connectivity index (χ0n) is 13.9. The lowest BCUT2D eigenvalue weighted by Crippen LogP contribution is -2.36. The summed E-state index contributed by atoms with van der Waals surface area (Å²) in [6, 6.07) is 7.04. The molecule has 2 atom stereocenters. The summed E-state index contributed by atoms with van der Waals surface area (Å²) in [6.45, 7) is 0.570. The smallest absolute Gasteiger partial charge is 0.306 e. The van der Waals surface area contributed by atoms with Gasteiger partial charge in [-0.2, -0.15) is 0 Å². The lowest BCUT2D eigenvalue weighted by Gasteiger charge is -2.17. The van der Waals surface area contributed by atoms with Crippen molar-refractivity contribution in [1.29, 1.82) is 0 Å². The molecule has 2 aliphatic rings. The van der Waals surface area contributed by atoms with Gasteiger partial charge in [0.1, 0.15) is 5.75 Å². The van der Waals surface area contributed by atoms with Crippen LogP contribution in [0, 0.1) is 5.92 Å². The highest BCUT2D eigenvalue weighted by atomic mass is 16.5. The van der Waals surface area contributed by atoms with Gasteiger partial charge in [0.25, 0.3) is 5.91 Å². The van der Waals surface area contributed by atoms with Crippen molar-refractivity contribution in [3.05, 3.63) is 24.3 Å². The number of nitrogens with zero attached hydrogens (tertiary/aromatic N) is 1. The van der Waals surface area contributed by atoms with Crippen LogP contribution in [0.5, 0.6) is 5.75 Å². The Balaban J connectivity index is 1.49. The summed E-state index contributed by atoms with van der Waals surface area (Å²) in [4.78, 5) is 36.5. The first-order valence-corrected chi connectivity index (χ1v) is 8.58. The normalized spacial score (nSPS) is 22.9. The molecule has 7 nitrogen and oxygen atoms in total. The van der Waals surface area contributed by atoms with Gasteiger partial charge in [-0.25, -0.2) is 0 Å². The van der Waals surface area contributed by atoms with Gasteiger partial charge in [-0.3, -0.25) is 14.4 Å². The molecule has 1 aliphatic carbocycles. The first-order valence-electron chi connectivity index (χ1n) is 8.58. The number of hydrogen-bond donors (Lipinski definition) is 2. The van der Waals surface area contributed by atoms with Gasteiger partial charge in [0, 0.05) is 30.8 Å². The summed E-state index contributed by atoms with van der Waals surface area (Å²) in [5, 5.41) is 11.8. The Morgan fingerprint density at radius 3 is 2.84 bits per heavy atom. The Bertz CT molecular complexity index is 675. The van der Waals surface area contributed by atoms with Crippen LogP contribution >= 0.6 is 0 Å². The number of amides is 2. The molecule has 0 unspecified atom stereocenters. The van der Waals surface area contributed by atoms with E-state index in [1.165, 1.54) is 0 Å². The Labute approximate surface area is 146 Å². The fourth-order valence-corrected chi connectivity index (χ4v) is 3.42. The third kappa shape index (κ3) is 4.29. The second kappa shape index (κ2) is 7.55. The van der Waals surface area contributed by atoms with Gasteiger partial charge < -0.3 is 20.1 Å². The highest BCUT2D eigenvalue weighted by molar-refractivity contribution is 5.95. The Kier molecular flexibility index (Phi) is 5.21. The molecule has 0 aromatic heterocycles. The number of carbonyl (C=O) groups is 3. The quantitative estimate of drug-likeness (QED) is 0.815. The summed E-state index contributed by atoms with van der Waals surface area (Å²) in [5.41, 5.74) is 0.778. The molecule has 1 heterocycles. The number of hydrogen-bond acceptors (Lipinski definition) is 4. The number of ether oxygens (including phenoxy) is 1. The highest BCUT2D eigenvalue weighted by Gasteiger charge is 2.30. The van der Waals surface area contributed by atoms with Crippen molar-refractivity contribution in [2.45, 2.75) is 38.1 Å². The van der Waals surface area contributed by atoms with Gasteiger partial charge >= 0.3 is 5.97 Å². The number of rotatable bonds is 6. The van der Waals surface area contributed by atoms with E-state index in [9.17, 15) is 14.4 Å². The number of aliphatic carboxylic acids is 1. The minimum Gasteiger partial charge on any atom is -0.484 e. The number of benzene rings is 1. The molecule has 1 aromatic carbocycles. The van der Waals surface area contributed by atoms with Crippen molar-refractivity contribution in [2.24, 2.45) is 5.92 Å². The van der Waals surface area contributed by atoms with Gasteiger partial charge in [-0.1, -0.05) is 6.07 Å². The van der Waals surface area contributed by atoms with E-state index in [1.54, 1.807) is 23.1 Å². The van der Waals surface area contributed by atoms with Gasteiger partial charge in [0.05, 0.1) is 5.92 Å². The minimum absolute atomic E-state index is 0.101. The molecule has 1 aliphatic heterocycles. The van der Waals surface area contributed by atoms with Crippen molar-refractivity contribution in [2.75, 3.05) is 18.1 Å². The Morgan fingerprint density at radius 2 is 2.16 bits per heavy atom. The highest BCUT2D eigenvalue weighted by Crippen LogP contribution is 2.26. The molecule has 2 N–H and O–H groups in total. The summed E-state index contributed by atoms with van der Waals surface area (Å²) < 4.78 is 5.52. The summed E-state index contributed by atoms with van der Waals surface area (Å²) >= 11 is 0. The topological polar surface area (TPSA) is 95.9 Å². The van der Waals surface area contributed by atoms with E-state index in [0.29, 0.717) is 38.0 Å². The van der Waals surface area contributed by atoms with Crippen LogP contribution in [0.25, 0.3) is 0 Å². The first kappa shape index (κ1) is 17.3. The SMILES string of the molecule is O=C(COc1cccc(N2CCCC2=O)c1)N[C@H]1CC[C@@H](C(=O)O)C1. The van der Waals surface area contributed by atoms with Crippen LogP contribution in [0.15, 0.2) is 24.3 Å². The van der Waals surface area contributed by atoms with Crippen LogP contribution < -0.4 is 15.0 Å². The standard InChI is InChI=1S/C18H22N2O5/c21-16(19-13-7-6-12(9-13)18(23)24)11-25-15-4-1-3-14(10-15)20-8-2-5-17(20)22/h1,3-4,10,12-13H,2,5-9,11H2,(H,19,21)(H,23,24)/t12-,13+/m1/s1. The molecule has 2 amide bonds. The Hall–Kier alpha value is -2.57. The second-order valence-corrected chi connectivity index (χ2v) is 6.55. The molecule has 0 bridgehead atoms. The van der Waals surface area contributed by atoms with Crippen LogP contribution in [-0.4, -0.2) is 42.1 Å². The van der Waals surface area contributed by atoms with Crippen LogP contribution in [0.1, 0.15) is 32.1 Å². The lowest BCUT2D eigenvalue weighted by molar-refractivity contribution is -0.141. The van der Waals surface area contributed by atoms with E-state index in [-0.39, 0.29) is 30.4 Å². The number of carbonyl (C=O) groups excluding carboxylic acids is 2. The van der Waals surface area contributed by atoms with Gasteiger partial charge in [-0.15, -0.1) is 0 Å². The maximum absolute atomic E-state index is 12.0. The summed E-state index contributed by atoms with van der Waals surface area (Å²) in [5.74, 6) is -0.813. The zero-order chi connectivity index (χ0) is 17.8. The van der Waals surface area contributed by atoms with E-state index in [0.717, 1.165) is 12.1 Å². The molecule has 25 heavy (non-hydrogen) atoms. The number of nitrogens with one attached hydrogen (secondary N) is 1. The number of carboxylic acids is 1. The van der Waals surface area contributed by atoms with E-state index in [4.69, 9.17) is 9.84 Å². The molecule has 2 fully saturated rings. The van der Waals surface area contributed by atoms with Crippen molar-refractivity contribution in [3.8, 4) is 5.75 Å². The molecule has 134 valence electrons. The molecule has 1 aromatic rings. The third-order valence-electron chi connectivity index (χ3n) is 4.72. The van der Waals surface area contributed by atoms with Crippen molar-refractivity contribution in [1.82, 2.24) is 5.32 Å². The molecule has 3 rings (SSSR count). The van der Waals surface area contributed by atoms with E-state index in [1.807, 2.05) is 6.07 Å². The molecule has 0 spiro atoms. The fourth-order valence-electron chi connectivity index (χ4n) is 3.42. The van der Waals surface area contributed by atoms with Gasteiger partial charge in [0.15, 0.2) is 6.61 Å². The molecule has 0 radical (unpaired) electrons. The van der Waals surface area contributed by atoms with Crippen molar-refractivity contribution in [3.63, 3.8) is 0 Å². The van der Waals surface area contributed by atoms with E-state index < -0.39 is 5.97 Å². The van der Waals surface area contributed by atoms with E-state index >= 15 is 0 Å². The maximum atomic E-state index is 12.0. The molecule has 1 saturated heterocycles. The van der Waals surface area contributed by atoms with Crippen LogP contribution in [0.4, 0.5) is 5.69 Å². The molecule has 1 saturated carbocycles. The van der Waals surface area contributed by atoms with Crippen LogP contribution in [0.3, 0.4) is 0 Å². The fraction of sp³-hybridized carbons (Fsp3) is 0.500. The Morgan fingerprint density at radius 1 is 1.32 bits per heavy atom. The molecule has 7 heteroatoms. The summed E-state index contributed by atoms with van der Waals surface area (Å²) in [7, 11) is 0. The van der Waals surface area contributed by atoms with Crippen LogP contribution in [0.2, 0.25) is 0 Å². The lowest BCUT2D eigenvalue weighted by atomic mass is 10.1. The maximum Gasteiger partial charge on any atom is 0.306 e. The van der Waals surface area contributed by atoms with Gasteiger partial charge in [0.2, 0.25) is 5.91 Å². The zero-order valence-corrected chi connectivity index (χ0v) is 13.9. The van der Waals surface area contributed by atoms with E-state index in [2.05, 4.69) is 5.32 Å². The molecular weight excluding hydrogens is 324 g/mol. The average Bonchev–Trinajstić information content (AvgIpc) is 3.22. The summed E-state index contributed by atoms with van der Waals surface area (Å²) in [6.07, 6.45) is 3.15. The third-order valence-corrected chi connectivity index (χ3v) is 4.72. The number of carboxylic acid groups (broad SMARTS) is 1. The van der Waals surface area contributed by atoms with Crippen molar-refractivity contribution >= 4 is 23.5 Å². The average molecular weight is 346 g/mol.